The molecule has 1 aromatic heterocycles. The normalized spacial score (nSPS) is 21.9. The number of nitrogens with zero attached hydrogens (tertiary/aromatic N) is 2. The maximum atomic E-state index is 12.5. The molecule has 1 aliphatic carbocycles. The van der Waals surface area contributed by atoms with Crippen LogP contribution in [0.1, 0.15) is 66.7 Å². The van der Waals surface area contributed by atoms with Crippen molar-refractivity contribution < 1.29 is 9.90 Å². The second kappa shape index (κ2) is 7.83. The molecular weight excluding hydrogens is 314 g/mol. The number of rotatable bonds is 4. The highest BCUT2D eigenvalue weighted by molar-refractivity contribution is 5.95. The molecule has 0 aromatic carbocycles. The van der Waals surface area contributed by atoms with E-state index in [1.807, 2.05) is 26.0 Å². The van der Waals surface area contributed by atoms with Crippen LogP contribution in [-0.4, -0.2) is 52.2 Å². The van der Waals surface area contributed by atoms with Crippen LogP contribution >= 0.6 is 0 Å². The summed E-state index contributed by atoms with van der Waals surface area (Å²) >= 11 is 0. The molecule has 2 heterocycles. The number of piperidine rings is 1. The topological polar surface area (TPSA) is 65.5 Å². The van der Waals surface area contributed by atoms with Crippen molar-refractivity contribution in [2.45, 2.75) is 70.4 Å². The molecule has 0 atom stereocenters. The van der Waals surface area contributed by atoms with E-state index in [4.69, 9.17) is 0 Å². The summed E-state index contributed by atoms with van der Waals surface area (Å²) in [6.45, 7) is 6.49. The van der Waals surface area contributed by atoms with Crippen LogP contribution in [0, 0.1) is 13.8 Å². The van der Waals surface area contributed by atoms with Crippen molar-refractivity contribution in [2.75, 3.05) is 19.6 Å². The lowest BCUT2D eigenvalue weighted by Gasteiger charge is -2.40. The fourth-order valence-corrected chi connectivity index (χ4v) is 4.21. The summed E-state index contributed by atoms with van der Waals surface area (Å²) in [6.07, 6.45) is 7.30. The van der Waals surface area contributed by atoms with E-state index in [1.54, 1.807) is 0 Å². The van der Waals surface area contributed by atoms with Gasteiger partial charge < -0.3 is 15.3 Å². The first kappa shape index (κ1) is 18.3. The number of aliphatic hydroxyl groups is 1. The van der Waals surface area contributed by atoms with Crippen molar-refractivity contribution in [2.24, 2.45) is 0 Å². The summed E-state index contributed by atoms with van der Waals surface area (Å²) in [6, 6.07) is 3.96. The van der Waals surface area contributed by atoms with Gasteiger partial charge >= 0.3 is 0 Å². The van der Waals surface area contributed by atoms with Crippen LogP contribution in [0.5, 0.6) is 0 Å². The number of likely N-dealkylation sites (tertiary alicyclic amines) is 1. The van der Waals surface area contributed by atoms with E-state index < -0.39 is 5.60 Å². The number of aromatic nitrogens is 1. The van der Waals surface area contributed by atoms with Gasteiger partial charge in [-0.2, -0.15) is 0 Å². The van der Waals surface area contributed by atoms with Crippen molar-refractivity contribution in [3.63, 3.8) is 0 Å². The molecule has 25 heavy (non-hydrogen) atoms. The summed E-state index contributed by atoms with van der Waals surface area (Å²) in [5.41, 5.74) is 1.90. The van der Waals surface area contributed by atoms with E-state index in [2.05, 4.69) is 15.2 Å². The average molecular weight is 345 g/mol. The number of pyridine rings is 1. The summed E-state index contributed by atoms with van der Waals surface area (Å²) in [5.74, 6) is -0.0191. The summed E-state index contributed by atoms with van der Waals surface area (Å²) < 4.78 is 0. The predicted molar refractivity (Wildman–Crippen MR) is 98.7 cm³/mol. The first-order valence-electron chi connectivity index (χ1n) is 9.65. The zero-order chi connectivity index (χ0) is 17.9. The van der Waals surface area contributed by atoms with Crippen molar-refractivity contribution in [1.82, 2.24) is 15.2 Å². The van der Waals surface area contributed by atoms with Crippen molar-refractivity contribution in [3.8, 4) is 0 Å². The molecular formula is C20H31N3O2. The molecule has 1 saturated carbocycles. The quantitative estimate of drug-likeness (QED) is 0.880. The number of nitrogens with one attached hydrogen (secondary N) is 1. The van der Waals surface area contributed by atoms with Crippen molar-refractivity contribution >= 4 is 5.91 Å². The predicted octanol–water partition coefficient (Wildman–Crippen LogP) is 2.59. The molecule has 2 N–H and O–H groups in total. The molecule has 1 aromatic rings. The Morgan fingerprint density at radius 2 is 1.92 bits per heavy atom. The van der Waals surface area contributed by atoms with E-state index in [-0.39, 0.29) is 11.9 Å². The van der Waals surface area contributed by atoms with E-state index in [0.29, 0.717) is 5.56 Å². The maximum Gasteiger partial charge on any atom is 0.253 e. The van der Waals surface area contributed by atoms with Crippen LogP contribution in [0.15, 0.2) is 12.1 Å². The van der Waals surface area contributed by atoms with Gasteiger partial charge in [0.1, 0.15) is 0 Å². The highest BCUT2D eigenvalue weighted by Crippen LogP contribution is 2.29. The number of amides is 1. The lowest BCUT2D eigenvalue weighted by atomic mass is 9.84. The van der Waals surface area contributed by atoms with Gasteiger partial charge in [0, 0.05) is 31.4 Å². The second-order valence-corrected chi connectivity index (χ2v) is 7.89. The Balaban J connectivity index is 1.48. The number of carbonyl (C=O) groups excluding carboxylic acids is 1. The minimum absolute atomic E-state index is 0.0191. The zero-order valence-electron chi connectivity index (χ0n) is 15.6. The highest BCUT2D eigenvalue weighted by Gasteiger charge is 2.33. The number of aryl methyl sites for hydroxylation is 2. The lowest BCUT2D eigenvalue weighted by molar-refractivity contribution is -0.0312. The van der Waals surface area contributed by atoms with Gasteiger partial charge in [0.2, 0.25) is 0 Å². The van der Waals surface area contributed by atoms with Gasteiger partial charge in [-0.25, -0.2) is 0 Å². The van der Waals surface area contributed by atoms with Gasteiger partial charge in [-0.05, 0) is 51.7 Å². The molecule has 1 saturated heterocycles. The molecule has 3 rings (SSSR count). The molecule has 0 radical (unpaired) electrons. The first-order valence-corrected chi connectivity index (χ1v) is 9.65. The van der Waals surface area contributed by atoms with Crippen LogP contribution in [0.2, 0.25) is 0 Å². The first-order chi connectivity index (χ1) is 12.0. The molecule has 5 heteroatoms. The van der Waals surface area contributed by atoms with E-state index in [0.717, 1.165) is 69.5 Å². The molecule has 138 valence electrons. The monoisotopic (exact) mass is 345 g/mol. The molecule has 1 aliphatic heterocycles. The van der Waals surface area contributed by atoms with Gasteiger partial charge in [0.25, 0.3) is 5.91 Å². The molecule has 5 nitrogen and oxygen atoms in total. The highest BCUT2D eigenvalue weighted by atomic mass is 16.3. The standard InChI is InChI=1S/C20H31N3O2/c1-15-6-7-18(16(2)21-15)19(24)22-17-8-12-23(13-9-17)14-20(25)10-4-3-5-11-20/h6-7,17,25H,3-5,8-14H2,1-2H3,(H,22,24). The molecule has 0 bridgehead atoms. The molecule has 1 amide bonds. The zero-order valence-corrected chi connectivity index (χ0v) is 15.6. The molecule has 0 unspecified atom stereocenters. The third kappa shape index (κ3) is 4.79. The molecule has 0 spiro atoms. The van der Waals surface area contributed by atoms with Gasteiger partial charge in [0.15, 0.2) is 0 Å². The van der Waals surface area contributed by atoms with E-state index >= 15 is 0 Å². The summed E-state index contributed by atoms with van der Waals surface area (Å²) in [5, 5.41) is 13.9. The summed E-state index contributed by atoms with van der Waals surface area (Å²) in [4.78, 5) is 19.2. The van der Waals surface area contributed by atoms with Crippen LogP contribution in [0.25, 0.3) is 0 Å². The number of β-amino-alcohol motifs (C(OH)–C–C–N with tert-alkyl or cyclic N) is 1. The fourth-order valence-electron chi connectivity index (χ4n) is 4.21. The summed E-state index contributed by atoms with van der Waals surface area (Å²) in [7, 11) is 0. The smallest absolute Gasteiger partial charge is 0.253 e. The minimum atomic E-state index is -0.487. The van der Waals surface area contributed by atoms with Crippen LogP contribution in [0.3, 0.4) is 0 Å². The number of hydrogen-bond acceptors (Lipinski definition) is 4. The molecule has 2 fully saturated rings. The Morgan fingerprint density at radius 3 is 2.56 bits per heavy atom. The Morgan fingerprint density at radius 1 is 1.24 bits per heavy atom. The van der Waals surface area contributed by atoms with Gasteiger partial charge in [-0.15, -0.1) is 0 Å². The largest absolute Gasteiger partial charge is 0.389 e. The molecule has 2 aliphatic rings. The van der Waals surface area contributed by atoms with Gasteiger partial charge in [-0.1, -0.05) is 19.3 Å². The number of carbonyl (C=O) groups is 1. The second-order valence-electron chi connectivity index (χ2n) is 7.89. The van der Waals surface area contributed by atoms with E-state index in [1.165, 1.54) is 6.42 Å². The van der Waals surface area contributed by atoms with Crippen molar-refractivity contribution in [1.29, 1.82) is 0 Å². The maximum absolute atomic E-state index is 12.5. The van der Waals surface area contributed by atoms with Crippen LogP contribution < -0.4 is 5.32 Å². The van der Waals surface area contributed by atoms with Crippen LogP contribution in [-0.2, 0) is 0 Å². The van der Waals surface area contributed by atoms with Gasteiger partial charge in [0.05, 0.1) is 16.9 Å². The number of hydrogen-bond donors (Lipinski definition) is 2. The lowest BCUT2D eigenvalue weighted by Crippen LogP contribution is -2.50. The fraction of sp³-hybridized carbons (Fsp3) is 0.700. The van der Waals surface area contributed by atoms with E-state index in [9.17, 15) is 9.90 Å². The Hall–Kier alpha value is -1.46. The Bertz CT molecular complexity index is 603. The Kier molecular flexibility index (Phi) is 5.74. The van der Waals surface area contributed by atoms with Crippen molar-refractivity contribution in [3.05, 3.63) is 29.1 Å². The minimum Gasteiger partial charge on any atom is -0.389 e. The average Bonchev–Trinajstić information content (AvgIpc) is 2.57. The SMILES string of the molecule is Cc1ccc(C(=O)NC2CCN(CC3(O)CCCCC3)CC2)c(C)n1. The van der Waals surface area contributed by atoms with Gasteiger partial charge in [-0.3, -0.25) is 9.78 Å². The Labute approximate surface area is 150 Å². The third-order valence-electron chi connectivity index (χ3n) is 5.69. The third-order valence-corrected chi connectivity index (χ3v) is 5.69. The van der Waals surface area contributed by atoms with Crippen LogP contribution in [0.4, 0.5) is 0 Å².